The third-order valence-corrected chi connectivity index (χ3v) is 11.7. The molecule has 3 heterocycles. The van der Waals surface area contributed by atoms with Crippen molar-refractivity contribution in [3.63, 3.8) is 0 Å². The first-order chi connectivity index (χ1) is 23.6. The number of oxime groups is 1. The first-order valence-electron chi connectivity index (χ1n) is 18.3. The summed E-state index contributed by atoms with van der Waals surface area (Å²) in [5, 5.41) is 71.5. The minimum atomic E-state index is -1.96. The van der Waals surface area contributed by atoms with Crippen LogP contribution in [0, 0.1) is 23.7 Å². The SMILES string of the molecule is CC[C@H]1OC(=O)[C@H](C)[C@@H](OC2C[C@@](C)(OC)[C@@H](O)[C@H](C)O2)[C@H](C)C(OC2OCC[C@H](N(C)C)C2O)[C@](C)(O)C[C@@H](C)/C(=N\O)[C@H](C)C(O)[C@]1(C)O. The van der Waals surface area contributed by atoms with E-state index in [4.69, 9.17) is 28.4 Å². The van der Waals surface area contributed by atoms with Crippen molar-refractivity contribution in [2.24, 2.45) is 28.8 Å². The number of nitrogens with zero attached hydrogens (tertiary/aromatic N) is 2. The summed E-state index contributed by atoms with van der Waals surface area (Å²) >= 11 is 0. The zero-order valence-corrected chi connectivity index (χ0v) is 32.6. The Morgan fingerprint density at radius 3 is 2.14 bits per heavy atom. The van der Waals surface area contributed by atoms with Crippen molar-refractivity contribution >= 4 is 11.7 Å². The second kappa shape index (κ2) is 17.3. The number of cyclic esters (lactones) is 1. The average Bonchev–Trinajstić information content (AvgIpc) is 3.06. The molecule has 6 N–H and O–H groups in total. The molecular formula is C36H66N2O13. The van der Waals surface area contributed by atoms with Gasteiger partial charge in [0.2, 0.25) is 0 Å². The van der Waals surface area contributed by atoms with Crippen LogP contribution in [0.3, 0.4) is 0 Å². The van der Waals surface area contributed by atoms with Crippen molar-refractivity contribution in [2.75, 3.05) is 27.8 Å². The summed E-state index contributed by atoms with van der Waals surface area (Å²) in [6.07, 6.45) is -9.11. The predicted octanol–water partition coefficient (Wildman–Crippen LogP) is 1.66. The van der Waals surface area contributed by atoms with E-state index in [2.05, 4.69) is 5.16 Å². The number of carbonyl (C=O) groups excluding carboxylic acids is 1. The highest BCUT2D eigenvalue weighted by molar-refractivity contribution is 5.88. The highest BCUT2D eigenvalue weighted by Crippen LogP contribution is 2.40. The number of carbonyl (C=O) groups is 1. The summed E-state index contributed by atoms with van der Waals surface area (Å²) in [5.41, 5.74) is -4.66. The van der Waals surface area contributed by atoms with Gasteiger partial charge in [0.25, 0.3) is 0 Å². The minimum Gasteiger partial charge on any atom is -0.459 e. The van der Waals surface area contributed by atoms with E-state index in [9.17, 15) is 35.5 Å². The molecule has 0 aromatic heterocycles. The van der Waals surface area contributed by atoms with E-state index in [1.807, 2.05) is 19.0 Å². The lowest BCUT2D eigenvalue weighted by atomic mass is 9.73. The molecule has 15 nitrogen and oxygen atoms in total. The van der Waals surface area contributed by atoms with Crippen LogP contribution < -0.4 is 0 Å². The number of ether oxygens (including phenoxy) is 6. The fourth-order valence-corrected chi connectivity index (χ4v) is 8.39. The zero-order chi connectivity index (χ0) is 38.8. The molecule has 15 heteroatoms. The van der Waals surface area contributed by atoms with Gasteiger partial charge >= 0.3 is 5.97 Å². The second-order valence-corrected chi connectivity index (χ2v) is 16.1. The van der Waals surface area contributed by atoms with Crippen LogP contribution in [0.5, 0.6) is 0 Å². The Bertz CT molecular complexity index is 1170. The van der Waals surface area contributed by atoms with E-state index in [0.29, 0.717) is 6.42 Å². The number of rotatable bonds is 7. The molecule has 3 fully saturated rings. The number of methoxy groups -OCH3 is 1. The number of likely N-dealkylation sites (N-methyl/N-ethyl adjacent to an activating group) is 1. The minimum absolute atomic E-state index is 0.0613. The van der Waals surface area contributed by atoms with Gasteiger partial charge in [0.15, 0.2) is 12.6 Å². The molecule has 5 unspecified atom stereocenters. The molecule has 298 valence electrons. The van der Waals surface area contributed by atoms with E-state index in [1.54, 1.807) is 55.4 Å². The van der Waals surface area contributed by atoms with Crippen molar-refractivity contribution in [2.45, 2.75) is 166 Å². The van der Waals surface area contributed by atoms with Gasteiger partial charge in [0, 0.05) is 37.3 Å². The van der Waals surface area contributed by atoms with Crippen molar-refractivity contribution < 1.29 is 64.0 Å². The van der Waals surface area contributed by atoms with Gasteiger partial charge in [-0.05, 0) is 68.0 Å². The monoisotopic (exact) mass is 734 g/mol. The van der Waals surface area contributed by atoms with Crippen LogP contribution in [0.25, 0.3) is 0 Å². The van der Waals surface area contributed by atoms with E-state index < -0.39 is 102 Å². The Morgan fingerprint density at radius 1 is 0.961 bits per heavy atom. The number of esters is 1. The van der Waals surface area contributed by atoms with Crippen molar-refractivity contribution in [1.82, 2.24) is 4.90 Å². The van der Waals surface area contributed by atoms with Gasteiger partial charge in [-0.3, -0.25) is 4.79 Å². The van der Waals surface area contributed by atoms with Crippen LogP contribution in [0.15, 0.2) is 5.16 Å². The quantitative estimate of drug-likeness (QED) is 0.125. The van der Waals surface area contributed by atoms with Crippen LogP contribution in [0.4, 0.5) is 0 Å². The molecule has 0 saturated carbocycles. The Morgan fingerprint density at radius 2 is 1.59 bits per heavy atom. The fraction of sp³-hybridized carbons (Fsp3) is 0.944. The molecule has 0 aromatic rings. The van der Waals surface area contributed by atoms with Gasteiger partial charge in [0.1, 0.15) is 23.9 Å². The molecule has 3 aliphatic heterocycles. The largest absolute Gasteiger partial charge is 0.459 e. The third-order valence-electron chi connectivity index (χ3n) is 11.7. The molecule has 0 bridgehead atoms. The van der Waals surface area contributed by atoms with E-state index in [1.165, 1.54) is 14.0 Å². The molecule has 17 atom stereocenters. The van der Waals surface area contributed by atoms with Gasteiger partial charge < -0.3 is 64.1 Å². The molecule has 3 saturated heterocycles. The number of aliphatic hydroxyl groups excluding tert-OH is 3. The molecule has 0 spiro atoms. The first-order valence-corrected chi connectivity index (χ1v) is 18.3. The number of aliphatic hydroxyl groups is 5. The Hall–Kier alpha value is -1.50. The molecule has 0 amide bonds. The first kappa shape index (κ1) is 43.9. The second-order valence-electron chi connectivity index (χ2n) is 16.1. The van der Waals surface area contributed by atoms with E-state index in [-0.39, 0.29) is 37.6 Å². The van der Waals surface area contributed by atoms with Crippen LogP contribution in [-0.2, 0) is 33.2 Å². The van der Waals surface area contributed by atoms with Crippen molar-refractivity contribution in [3.05, 3.63) is 0 Å². The summed E-state index contributed by atoms with van der Waals surface area (Å²) in [6.45, 7) is 15.0. The van der Waals surface area contributed by atoms with E-state index in [0.717, 1.165) is 0 Å². The highest BCUT2D eigenvalue weighted by atomic mass is 16.7. The molecule has 51 heavy (non-hydrogen) atoms. The lowest BCUT2D eigenvalue weighted by Crippen LogP contribution is -2.60. The maximum Gasteiger partial charge on any atom is 0.311 e. The van der Waals surface area contributed by atoms with Gasteiger partial charge in [-0.15, -0.1) is 0 Å². The average molecular weight is 735 g/mol. The Kier molecular flexibility index (Phi) is 14.9. The molecule has 0 aliphatic carbocycles. The Labute approximate surface area is 303 Å². The summed E-state index contributed by atoms with van der Waals surface area (Å²) in [6, 6.07) is -0.299. The molecule has 0 radical (unpaired) electrons. The molecule has 3 aliphatic rings. The van der Waals surface area contributed by atoms with E-state index >= 15 is 0 Å². The van der Waals surface area contributed by atoms with Crippen LogP contribution in [0.2, 0.25) is 0 Å². The third kappa shape index (κ3) is 9.42. The highest BCUT2D eigenvalue weighted by Gasteiger charge is 2.53. The van der Waals surface area contributed by atoms with Gasteiger partial charge in [-0.1, -0.05) is 32.9 Å². The van der Waals surface area contributed by atoms with Gasteiger partial charge in [0.05, 0.1) is 53.9 Å². The van der Waals surface area contributed by atoms with Gasteiger partial charge in [-0.25, -0.2) is 0 Å². The maximum absolute atomic E-state index is 14.1. The van der Waals surface area contributed by atoms with Crippen LogP contribution in [0.1, 0.15) is 88.0 Å². The summed E-state index contributed by atoms with van der Waals surface area (Å²) < 4.78 is 36.9. The standard InChI is InChI=1S/C36H66N2O13/c1-13-24-36(9,44)29(40)19(3)26(37-45)18(2)16-34(7,43)31(51-33-27(39)23(38(10)11)14-15-47-33)20(4)28(21(5)32(42)49-24)50-25-17-35(8,46-12)30(41)22(6)48-25/h18-25,27-31,33,39-41,43-45H,13-17H2,1-12H3/b37-26+/t18-,19+,20+,21-,22+,23+,24-,25?,27?,28+,29?,30+,31?,33?,34-,35-,36-/m1/s1. The fourth-order valence-electron chi connectivity index (χ4n) is 8.39. The lowest BCUT2D eigenvalue weighted by Gasteiger charge is -2.48. The maximum atomic E-state index is 14.1. The number of hydrogen-bond acceptors (Lipinski definition) is 15. The summed E-state index contributed by atoms with van der Waals surface area (Å²) in [5.74, 6) is -4.21. The lowest BCUT2D eigenvalue weighted by molar-refractivity contribution is -0.312. The predicted molar refractivity (Wildman–Crippen MR) is 186 cm³/mol. The van der Waals surface area contributed by atoms with Crippen molar-refractivity contribution in [1.29, 1.82) is 0 Å². The van der Waals surface area contributed by atoms with Gasteiger partial charge in [-0.2, -0.15) is 0 Å². The van der Waals surface area contributed by atoms with Crippen molar-refractivity contribution in [3.8, 4) is 0 Å². The van der Waals surface area contributed by atoms with Crippen LogP contribution >= 0.6 is 0 Å². The molecule has 0 aromatic carbocycles. The normalized spacial score (nSPS) is 49.1. The smallest absolute Gasteiger partial charge is 0.311 e. The zero-order valence-electron chi connectivity index (χ0n) is 32.6. The topological polar surface area (TPSA) is 209 Å². The molecular weight excluding hydrogens is 668 g/mol. The number of hydrogen-bond donors (Lipinski definition) is 6. The Balaban J connectivity index is 2.19. The summed E-state index contributed by atoms with van der Waals surface area (Å²) in [7, 11) is 5.17. The van der Waals surface area contributed by atoms with Crippen LogP contribution in [-0.4, -0.2) is 153 Å². The summed E-state index contributed by atoms with van der Waals surface area (Å²) in [4.78, 5) is 16.0. The molecule has 3 rings (SSSR count).